The van der Waals surface area contributed by atoms with Crippen molar-refractivity contribution in [3.8, 4) is 0 Å². The van der Waals surface area contributed by atoms with Crippen molar-refractivity contribution in [2.75, 3.05) is 6.61 Å². The molecule has 0 aliphatic rings. The maximum atomic E-state index is 11.5. The van der Waals surface area contributed by atoms with Gasteiger partial charge >= 0.3 is 0 Å². The molecule has 0 fully saturated rings. The molecule has 1 unspecified atom stereocenters. The van der Waals surface area contributed by atoms with Crippen LogP contribution in [-0.2, 0) is 14.3 Å². The summed E-state index contributed by atoms with van der Waals surface area (Å²) >= 11 is 0. The molecule has 0 heterocycles. The standard InChI is InChI=1S/C14H26O4/c1-10(2)14(17)8-7-12(15)5-6-13(16)9-18-11(3)4/h10-11,13,16H,5-9H2,1-4H3. The topological polar surface area (TPSA) is 63.6 Å². The zero-order chi connectivity index (χ0) is 14.1. The van der Waals surface area contributed by atoms with Crippen LogP contribution in [0.4, 0.5) is 0 Å². The summed E-state index contributed by atoms with van der Waals surface area (Å²) in [5.41, 5.74) is 0. The predicted octanol–water partition coefficient (Wildman–Crippen LogP) is 2.13. The first kappa shape index (κ1) is 17.3. The van der Waals surface area contributed by atoms with Crippen LogP contribution in [0.1, 0.15) is 53.4 Å². The van der Waals surface area contributed by atoms with Crippen LogP contribution >= 0.6 is 0 Å². The molecule has 0 bridgehead atoms. The highest BCUT2D eigenvalue weighted by Gasteiger charge is 2.12. The number of hydrogen-bond acceptors (Lipinski definition) is 4. The number of carbonyl (C=O) groups excluding carboxylic acids is 2. The lowest BCUT2D eigenvalue weighted by molar-refractivity contribution is -0.126. The normalized spacial score (nSPS) is 13.1. The first-order chi connectivity index (χ1) is 8.32. The fourth-order valence-corrected chi connectivity index (χ4v) is 1.39. The van der Waals surface area contributed by atoms with Crippen molar-refractivity contribution in [2.24, 2.45) is 5.92 Å². The van der Waals surface area contributed by atoms with Crippen LogP contribution in [0.3, 0.4) is 0 Å². The molecule has 4 nitrogen and oxygen atoms in total. The molecule has 0 aliphatic heterocycles. The molecule has 0 saturated heterocycles. The summed E-state index contributed by atoms with van der Waals surface area (Å²) in [6.45, 7) is 7.72. The Morgan fingerprint density at radius 1 is 1.06 bits per heavy atom. The molecule has 0 rings (SSSR count). The van der Waals surface area contributed by atoms with Crippen LogP contribution in [-0.4, -0.2) is 35.5 Å². The first-order valence-electron chi connectivity index (χ1n) is 6.67. The summed E-state index contributed by atoms with van der Waals surface area (Å²) in [4.78, 5) is 22.8. The molecule has 0 aromatic heterocycles. The second-order valence-corrected chi connectivity index (χ2v) is 5.23. The van der Waals surface area contributed by atoms with Crippen molar-refractivity contribution in [3.63, 3.8) is 0 Å². The van der Waals surface area contributed by atoms with Gasteiger partial charge in [0.1, 0.15) is 11.6 Å². The molecule has 0 spiro atoms. The van der Waals surface area contributed by atoms with E-state index in [9.17, 15) is 14.7 Å². The highest BCUT2D eigenvalue weighted by molar-refractivity contribution is 5.86. The summed E-state index contributed by atoms with van der Waals surface area (Å²) in [7, 11) is 0. The maximum absolute atomic E-state index is 11.5. The number of aliphatic hydroxyl groups excluding tert-OH is 1. The van der Waals surface area contributed by atoms with Gasteiger partial charge in [0, 0.05) is 25.2 Å². The number of hydrogen-bond donors (Lipinski definition) is 1. The second-order valence-electron chi connectivity index (χ2n) is 5.23. The van der Waals surface area contributed by atoms with Gasteiger partial charge in [0.05, 0.1) is 18.8 Å². The van der Waals surface area contributed by atoms with Gasteiger partial charge in [0.2, 0.25) is 0 Å². The minimum atomic E-state index is -0.600. The predicted molar refractivity (Wildman–Crippen MR) is 70.4 cm³/mol. The van der Waals surface area contributed by atoms with Crippen molar-refractivity contribution >= 4 is 11.6 Å². The van der Waals surface area contributed by atoms with E-state index in [4.69, 9.17) is 4.74 Å². The van der Waals surface area contributed by atoms with Crippen molar-refractivity contribution < 1.29 is 19.4 Å². The number of aliphatic hydroxyl groups is 1. The smallest absolute Gasteiger partial charge is 0.135 e. The quantitative estimate of drug-likeness (QED) is 0.652. The van der Waals surface area contributed by atoms with Crippen LogP contribution < -0.4 is 0 Å². The Hall–Kier alpha value is -0.740. The molecule has 18 heavy (non-hydrogen) atoms. The summed E-state index contributed by atoms with van der Waals surface area (Å²) in [5.74, 6) is 0.141. The molecule has 0 aromatic rings. The van der Waals surface area contributed by atoms with E-state index in [2.05, 4.69) is 0 Å². The molecule has 0 aliphatic carbocycles. The lowest BCUT2D eigenvalue weighted by atomic mass is 10.0. The third-order valence-electron chi connectivity index (χ3n) is 2.67. The van der Waals surface area contributed by atoms with E-state index < -0.39 is 6.10 Å². The molecular weight excluding hydrogens is 232 g/mol. The number of rotatable bonds is 10. The number of ketones is 2. The van der Waals surface area contributed by atoms with Crippen LogP contribution in [0, 0.1) is 5.92 Å². The number of carbonyl (C=O) groups is 2. The van der Waals surface area contributed by atoms with Crippen LogP contribution in [0.2, 0.25) is 0 Å². The Kier molecular flexibility index (Phi) is 8.85. The zero-order valence-corrected chi connectivity index (χ0v) is 11.9. The third kappa shape index (κ3) is 9.31. The van der Waals surface area contributed by atoms with Crippen molar-refractivity contribution in [2.45, 2.75) is 65.6 Å². The first-order valence-corrected chi connectivity index (χ1v) is 6.67. The van der Waals surface area contributed by atoms with E-state index in [1.165, 1.54) is 0 Å². The second kappa shape index (κ2) is 9.22. The lowest BCUT2D eigenvalue weighted by Gasteiger charge is -2.12. The summed E-state index contributed by atoms with van der Waals surface area (Å²) in [6.07, 6.45) is 0.801. The van der Waals surface area contributed by atoms with Crippen molar-refractivity contribution in [1.29, 1.82) is 0 Å². The van der Waals surface area contributed by atoms with Crippen molar-refractivity contribution in [3.05, 3.63) is 0 Å². The van der Waals surface area contributed by atoms with E-state index in [0.29, 0.717) is 19.3 Å². The summed E-state index contributed by atoms with van der Waals surface area (Å²) < 4.78 is 5.25. The third-order valence-corrected chi connectivity index (χ3v) is 2.67. The van der Waals surface area contributed by atoms with E-state index >= 15 is 0 Å². The van der Waals surface area contributed by atoms with Crippen molar-refractivity contribution in [1.82, 2.24) is 0 Å². The highest BCUT2D eigenvalue weighted by atomic mass is 16.5. The number of Topliss-reactive ketones (excluding diaryl/α,β-unsaturated/α-hetero) is 2. The van der Waals surface area contributed by atoms with Gasteiger partial charge in [-0.05, 0) is 20.3 Å². The van der Waals surface area contributed by atoms with Gasteiger partial charge in [-0.2, -0.15) is 0 Å². The average molecular weight is 258 g/mol. The zero-order valence-electron chi connectivity index (χ0n) is 11.9. The molecule has 4 heteroatoms. The van der Waals surface area contributed by atoms with E-state index in [-0.39, 0.29) is 36.6 Å². The van der Waals surface area contributed by atoms with E-state index in [1.807, 2.05) is 27.7 Å². The van der Waals surface area contributed by atoms with Gasteiger partial charge in [0.25, 0.3) is 0 Å². The van der Waals surface area contributed by atoms with E-state index in [1.54, 1.807) is 0 Å². The Morgan fingerprint density at radius 2 is 1.67 bits per heavy atom. The van der Waals surface area contributed by atoms with Gasteiger partial charge in [-0.1, -0.05) is 13.8 Å². The van der Waals surface area contributed by atoms with Gasteiger partial charge < -0.3 is 9.84 Å². The average Bonchev–Trinajstić information content (AvgIpc) is 2.30. The van der Waals surface area contributed by atoms with Gasteiger partial charge in [0.15, 0.2) is 0 Å². The summed E-state index contributed by atoms with van der Waals surface area (Å²) in [6, 6.07) is 0. The fourth-order valence-electron chi connectivity index (χ4n) is 1.39. The molecule has 1 atom stereocenters. The monoisotopic (exact) mass is 258 g/mol. The molecule has 0 aromatic carbocycles. The molecule has 0 saturated carbocycles. The minimum Gasteiger partial charge on any atom is -0.391 e. The molecular formula is C14H26O4. The Morgan fingerprint density at radius 3 is 2.17 bits per heavy atom. The largest absolute Gasteiger partial charge is 0.391 e. The highest BCUT2D eigenvalue weighted by Crippen LogP contribution is 2.07. The molecule has 0 radical (unpaired) electrons. The molecule has 0 amide bonds. The van der Waals surface area contributed by atoms with Crippen LogP contribution in [0.25, 0.3) is 0 Å². The fraction of sp³-hybridized carbons (Fsp3) is 0.857. The molecule has 106 valence electrons. The van der Waals surface area contributed by atoms with Gasteiger partial charge in [-0.15, -0.1) is 0 Å². The summed E-state index contributed by atoms with van der Waals surface area (Å²) in [5, 5.41) is 9.57. The molecule has 1 N–H and O–H groups in total. The van der Waals surface area contributed by atoms with Crippen LogP contribution in [0.15, 0.2) is 0 Å². The van der Waals surface area contributed by atoms with Gasteiger partial charge in [-0.3, -0.25) is 9.59 Å². The van der Waals surface area contributed by atoms with E-state index in [0.717, 1.165) is 0 Å². The Bertz CT molecular complexity index is 259. The number of ether oxygens (including phenoxy) is 1. The minimum absolute atomic E-state index is 0.0113. The van der Waals surface area contributed by atoms with Crippen LogP contribution in [0.5, 0.6) is 0 Å². The Balaban J connectivity index is 3.67. The maximum Gasteiger partial charge on any atom is 0.135 e. The Labute approximate surface area is 110 Å². The lowest BCUT2D eigenvalue weighted by Crippen LogP contribution is -2.19. The SMILES string of the molecule is CC(C)OCC(O)CCC(=O)CCC(=O)C(C)C. The van der Waals surface area contributed by atoms with Gasteiger partial charge in [-0.25, -0.2) is 0 Å².